The van der Waals surface area contributed by atoms with Crippen molar-refractivity contribution in [3.05, 3.63) is 11.9 Å². The van der Waals surface area contributed by atoms with Crippen LogP contribution in [0.2, 0.25) is 0 Å². The van der Waals surface area contributed by atoms with Crippen molar-refractivity contribution in [3.63, 3.8) is 0 Å². The third-order valence-electron chi connectivity index (χ3n) is 3.72. The molecule has 13 heteroatoms. The SMILES string of the molecule is COC(=O)CSC[C@@H]1NC(=O)[C@H]1n1cc(COC(=O)CNC(=O)OC(C)(C)C)nn1. The molecule has 166 valence electrons. The Morgan fingerprint density at radius 2 is 2.03 bits per heavy atom. The van der Waals surface area contributed by atoms with E-state index in [1.54, 1.807) is 20.8 Å². The number of esters is 2. The standard InChI is InChI=1S/C17H25N5O7S/c1-17(2,3)29-16(26)18-5-12(23)28-7-10-6-22(21-20-10)14-11(19-15(14)25)8-30-9-13(24)27-4/h6,11,14H,5,7-9H2,1-4H3,(H,18,26)(H,19,25)/t11-,14-/m0/s1. The van der Waals surface area contributed by atoms with Crippen molar-refractivity contribution >= 4 is 35.7 Å². The van der Waals surface area contributed by atoms with E-state index in [9.17, 15) is 19.2 Å². The number of ether oxygens (including phenoxy) is 3. The van der Waals surface area contributed by atoms with Gasteiger partial charge in [-0.2, -0.15) is 0 Å². The molecule has 2 N–H and O–H groups in total. The highest BCUT2D eigenvalue weighted by atomic mass is 32.2. The lowest BCUT2D eigenvalue weighted by Gasteiger charge is -2.36. The number of alkyl carbamates (subject to hydrolysis) is 1. The molecule has 0 spiro atoms. The maximum atomic E-state index is 11.9. The lowest BCUT2D eigenvalue weighted by atomic mass is 10.0. The number of methoxy groups -OCH3 is 1. The van der Waals surface area contributed by atoms with Crippen LogP contribution in [0.5, 0.6) is 0 Å². The molecule has 12 nitrogen and oxygen atoms in total. The number of aromatic nitrogens is 3. The molecule has 1 aliphatic heterocycles. The first-order valence-electron chi connectivity index (χ1n) is 9.07. The van der Waals surface area contributed by atoms with Crippen molar-refractivity contribution in [1.82, 2.24) is 25.6 Å². The Balaban J connectivity index is 1.76. The van der Waals surface area contributed by atoms with Gasteiger partial charge in [-0.1, -0.05) is 5.21 Å². The first-order chi connectivity index (χ1) is 14.1. The second kappa shape index (κ2) is 10.3. The third kappa shape index (κ3) is 7.21. The zero-order valence-electron chi connectivity index (χ0n) is 17.2. The molecule has 2 rings (SSSR count). The molecule has 2 amide bonds. The fourth-order valence-corrected chi connectivity index (χ4v) is 3.30. The molecule has 1 saturated heterocycles. The number of hydrogen-bond acceptors (Lipinski definition) is 10. The van der Waals surface area contributed by atoms with E-state index in [0.717, 1.165) is 0 Å². The van der Waals surface area contributed by atoms with Gasteiger partial charge in [0.25, 0.3) is 0 Å². The molecule has 30 heavy (non-hydrogen) atoms. The van der Waals surface area contributed by atoms with Gasteiger partial charge in [0.1, 0.15) is 24.4 Å². The fourth-order valence-electron chi connectivity index (χ4n) is 2.38. The first kappa shape index (κ1) is 23.4. The predicted molar refractivity (Wildman–Crippen MR) is 104 cm³/mol. The number of β-lactam (4-membered cyclic amide) rings is 1. The van der Waals surface area contributed by atoms with E-state index in [4.69, 9.17) is 9.47 Å². The highest BCUT2D eigenvalue weighted by Gasteiger charge is 2.41. The number of carbonyl (C=O) groups is 4. The Labute approximate surface area is 177 Å². The molecule has 0 bridgehead atoms. The van der Waals surface area contributed by atoms with Crippen LogP contribution in [0.25, 0.3) is 0 Å². The maximum Gasteiger partial charge on any atom is 0.408 e. The van der Waals surface area contributed by atoms with Crippen LogP contribution in [0.1, 0.15) is 32.5 Å². The van der Waals surface area contributed by atoms with Gasteiger partial charge in [-0.25, -0.2) is 9.48 Å². The van der Waals surface area contributed by atoms with Crippen LogP contribution in [-0.4, -0.2) is 75.7 Å². The number of nitrogens with zero attached hydrogens (tertiary/aromatic N) is 3. The second-order valence-corrected chi connectivity index (χ2v) is 8.39. The first-order valence-corrected chi connectivity index (χ1v) is 10.2. The molecule has 2 heterocycles. The van der Waals surface area contributed by atoms with E-state index in [1.807, 2.05) is 0 Å². The molecule has 0 saturated carbocycles. The summed E-state index contributed by atoms with van der Waals surface area (Å²) in [5.74, 6) is -0.534. The summed E-state index contributed by atoms with van der Waals surface area (Å²) in [5.41, 5.74) is -0.322. The average Bonchev–Trinajstić information content (AvgIpc) is 3.10. The predicted octanol–water partition coefficient (Wildman–Crippen LogP) is -0.208. The monoisotopic (exact) mass is 443 g/mol. The second-order valence-electron chi connectivity index (χ2n) is 7.36. The van der Waals surface area contributed by atoms with Crippen molar-refractivity contribution in [2.45, 2.75) is 45.1 Å². The topological polar surface area (TPSA) is 151 Å². The highest BCUT2D eigenvalue weighted by molar-refractivity contribution is 7.99. The Kier molecular flexibility index (Phi) is 8.03. The van der Waals surface area contributed by atoms with E-state index in [0.29, 0.717) is 11.4 Å². The molecular weight excluding hydrogens is 418 g/mol. The lowest BCUT2D eigenvalue weighted by Crippen LogP contribution is -2.60. The number of nitrogens with one attached hydrogen (secondary N) is 2. The van der Waals surface area contributed by atoms with Crippen LogP contribution in [0.4, 0.5) is 4.79 Å². The molecule has 1 aliphatic rings. The maximum absolute atomic E-state index is 11.9. The zero-order valence-corrected chi connectivity index (χ0v) is 18.0. The summed E-state index contributed by atoms with van der Waals surface area (Å²) in [6.07, 6.45) is 0.785. The van der Waals surface area contributed by atoms with Gasteiger partial charge >= 0.3 is 18.0 Å². The van der Waals surface area contributed by atoms with Crippen molar-refractivity contribution in [2.75, 3.05) is 25.2 Å². The number of thioether (sulfide) groups is 1. The molecular formula is C17H25N5O7S. The van der Waals surface area contributed by atoms with Gasteiger partial charge in [-0.05, 0) is 20.8 Å². The summed E-state index contributed by atoms with van der Waals surface area (Å²) >= 11 is 1.34. The molecule has 1 aromatic heterocycles. The Bertz CT molecular complexity index is 792. The summed E-state index contributed by atoms with van der Waals surface area (Å²) in [4.78, 5) is 46.3. The minimum absolute atomic E-state index is 0.162. The number of carbonyl (C=O) groups excluding carboxylic acids is 4. The molecule has 1 fully saturated rings. The Morgan fingerprint density at radius 3 is 2.67 bits per heavy atom. The molecule has 1 aromatic rings. The van der Waals surface area contributed by atoms with Gasteiger partial charge in [-0.15, -0.1) is 16.9 Å². The molecule has 0 aromatic carbocycles. The third-order valence-corrected chi connectivity index (χ3v) is 4.76. The number of hydrogen-bond donors (Lipinski definition) is 2. The summed E-state index contributed by atoms with van der Waals surface area (Å²) in [5, 5.41) is 12.8. The van der Waals surface area contributed by atoms with E-state index < -0.39 is 23.7 Å². The molecule has 0 unspecified atom stereocenters. The molecule has 0 radical (unpaired) electrons. The highest BCUT2D eigenvalue weighted by Crippen LogP contribution is 2.24. The van der Waals surface area contributed by atoms with Crippen molar-refractivity contribution in [1.29, 1.82) is 0 Å². The number of rotatable bonds is 9. The molecule has 2 atom stereocenters. The molecule has 0 aliphatic carbocycles. The Morgan fingerprint density at radius 1 is 1.30 bits per heavy atom. The number of amides is 2. The summed E-state index contributed by atoms with van der Waals surface area (Å²) < 4.78 is 16.0. The smallest absolute Gasteiger partial charge is 0.408 e. The van der Waals surface area contributed by atoms with Crippen LogP contribution in [0.15, 0.2) is 6.20 Å². The van der Waals surface area contributed by atoms with Crippen molar-refractivity contribution < 1.29 is 33.4 Å². The van der Waals surface area contributed by atoms with E-state index >= 15 is 0 Å². The average molecular weight is 443 g/mol. The minimum Gasteiger partial charge on any atom is -0.468 e. The van der Waals surface area contributed by atoms with Crippen LogP contribution < -0.4 is 10.6 Å². The van der Waals surface area contributed by atoms with Crippen molar-refractivity contribution in [2.24, 2.45) is 0 Å². The van der Waals surface area contributed by atoms with Crippen LogP contribution in [0.3, 0.4) is 0 Å². The summed E-state index contributed by atoms with van der Waals surface area (Å²) in [6.45, 7) is 4.61. The zero-order chi connectivity index (χ0) is 22.3. The van der Waals surface area contributed by atoms with E-state index in [2.05, 4.69) is 25.7 Å². The van der Waals surface area contributed by atoms with Crippen LogP contribution in [-0.2, 0) is 35.2 Å². The quantitative estimate of drug-likeness (QED) is 0.298. The fraction of sp³-hybridized carbons (Fsp3) is 0.647. The summed E-state index contributed by atoms with van der Waals surface area (Å²) in [6, 6.07) is -0.761. The van der Waals surface area contributed by atoms with Gasteiger partial charge in [0, 0.05) is 5.75 Å². The van der Waals surface area contributed by atoms with E-state index in [1.165, 1.54) is 29.8 Å². The normalized spacial score (nSPS) is 18.1. The van der Waals surface area contributed by atoms with Gasteiger partial charge in [0.05, 0.1) is 25.1 Å². The largest absolute Gasteiger partial charge is 0.468 e. The van der Waals surface area contributed by atoms with Crippen LogP contribution in [0, 0.1) is 0 Å². The lowest BCUT2D eigenvalue weighted by molar-refractivity contribution is -0.144. The van der Waals surface area contributed by atoms with Gasteiger partial charge in [0.2, 0.25) is 5.91 Å². The van der Waals surface area contributed by atoms with Gasteiger partial charge in [0.15, 0.2) is 6.04 Å². The van der Waals surface area contributed by atoms with Crippen molar-refractivity contribution in [3.8, 4) is 0 Å². The minimum atomic E-state index is -0.725. The van der Waals surface area contributed by atoms with E-state index in [-0.39, 0.29) is 36.8 Å². The van der Waals surface area contributed by atoms with Gasteiger partial charge < -0.3 is 24.8 Å². The Hall–Kier alpha value is -2.83. The van der Waals surface area contributed by atoms with Crippen LogP contribution >= 0.6 is 11.8 Å². The van der Waals surface area contributed by atoms with Gasteiger partial charge in [-0.3, -0.25) is 14.4 Å². The summed E-state index contributed by atoms with van der Waals surface area (Å²) in [7, 11) is 1.31.